The quantitative estimate of drug-likeness (QED) is 0.825. The molecule has 0 radical (unpaired) electrons. The average molecular weight is 311 g/mol. The lowest BCUT2D eigenvalue weighted by atomic mass is 10.2. The minimum absolute atomic E-state index is 0.167. The maximum atomic E-state index is 5.98. The van der Waals surface area contributed by atoms with Crippen LogP contribution in [-0.4, -0.2) is 16.5 Å². The molecule has 2 N–H and O–H groups in total. The van der Waals surface area contributed by atoms with Crippen molar-refractivity contribution in [1.82, 2.24) is 9.97 Å². The summed E-state index contributed by atoms with van der Waals surface area (Å²) >= 11 is 7.56. The molecule has 1 unspecified atom stereocenters. The van der Waals surface area contributed by atoms with E-state index in [4.69, 9.17) is 11.6 Å². The van der Waals surface area contributed by atoms with E-state index in [-0.39, 0.29) is 6.04 Å². The van der Waals surface area contributed by atoms with E-state index >= 15 is 0 Å². The Hall–Kier alpha value is -1.33. The molecule has 0 aromatic carbocycles. The number of hydrogen-bond acceptors (Lipinski definition) is 5. The molecule has 1 atom stereocenters. The molecule has 2 aromatic rings. The smallest absolute Gasteiger partial charge is 0.134 e. The molecule has 2 aromatic heterocycles. The van der Waals surface area contributed by atoms with Gasteiger partial charge in [0.25, 0.3) is 0 Å². The number of thiophene rings is 1. The summed E-state index contributed by atoms with van der Waals surface area (Å²) in [5.74, 6) is 1.75. The largest absolute Gasteiger partial charge is 0.370 e. The van der Waals surface area contributed by atoms with E-state index < -0.39 is 0 Å². The van der Waals surface area contributed by atoms with Crippen molar-refractivity contribution < 1.29 is 0 Å². The SMILES string of the molecule is CCCNc1ncnc(NC(C)c2ccc(Cl)s2)c1C. The molecule has 0 aliphatic carbocycles. The topological polar surface area (TPSA) is 49.8 Å². The first-order valence-corrected chi connectivity index (χ1v) is 7.88. The van der Waals surface area contributed by atoms with Crippen molar-refractivity contribution in [3.8, 4) is 0 Å². The van der Waals surface area contributed by atoms with Gasteiger partial charge in [0.1, 0.15) is 18.0 Å². The summed E-state index contributed by atoms with van der Waals surface area (Å²) in [7, 11) is 0. The third kappa shape index (κ3) is 3.61. The zero-order chi connectivity index (χ0) is 14.5. The minimum Gasteiger partial charge on any atom is -0.370 e. The molecule has 0 saturated carbocycles. The summed E-state index contributed by atoms with van der Waals surface area (Å²) < 4.78 is 0.804. The first kappa shape index (κ1) is 15.1. The summed E-state index contributed by atoms with van der Waals surface area (Å²) in [6.45, 7) is 7.16. The van der Waals surface area contributed by atoms with Gasteiger partial charge >= 0.3 is 0 Å². The number of nitrogens with one attached hydrogen (secondary N) is 2. The van der Waals surface area contributed by atoms with Crippen LogP contribution in [0.15, 0.2) is 18.5 Å². The zero-order valence-corrected chi connectivity index (χ0v) is 13.5. The van der Waals surface area contributed by atoms with Crippen LogP contribution in [0.4, 0.5) is 11.6 Å². The second kappa shape index (κ2) is 6.90. The molecule has 0 aliphatic rings. The number of aromatic nitrogens is 2. The molecule has 0 bridgehead atoms. The van der Waals surface area contributed by atoms with E-state index in [2.05, 4.69) is 34.4 Å². The molecule has 0 aliphatic heterocycles. The van der Waals surface area contributed by atoms with Gasteiger partial charge < -0.3 is 10.6 Å². The molecule has 0 fully saturated rings. The molecule has 0 amide bonds. The second-order valence-electron chi connectivity index (χ2n) is 4.63. The summed E-state index contributed by atoms with van der Waals surface area (Å²) in [5, 5.41) is 6.73. The fraction of sp³-hybridized carbons (Fsp3) is 0.429. The van der Waals surface area contributed by atoms with Gasteiger partial charge in [-0.2, -0.15) is 0 Å². The predicted molar refractivity (Wildman–Crippen MR) is 86.9 cm³/mol. The Morgan fingerprint density at radius 3 is 2.70 bits per heavy atom. The number of nitrogens with zero attached hydrogens (tertiary/aromatic N) is 2. The van der Waals surface area contributed by atoms with Crippen LogP contribution < -0.4 is 10.6 Å². The second-order valence-corrected chi connectivity index (χ2v) is 6.38. The van der Waals surface area contributed by atoms with Gasteiger partial charge in [0, 0.05) is 17.0 Å². The highest BCUT2D eigenvalue weighted by atomic mass is 35.5. The van der Waals surface area contributed by atoms with Gasteiger partial charge in [-0.3, -0.25) is 0 Å². The Morgan fingerprint density at radius 1 is 1.30 bits per heavy atom. The van der Waals surface area contributed by atoms with Crippen molar-refractivity contribution in [3.63, 3.8) is 0 Å². The van der Waals surface area contributed by atoms with Crippen LogP contribution in [0, 0.1) is 6.92 Å². The lowest BCUT2D eigenvalue weighted by Crippen LogP contribution is -2.11. The third-order valence-electron chi connectivity index (χ3n) is 3.00. The highest BCUT2D eigenvalue weighted by Crippen LogP contribution is 2.29. The highest BCUT2D eigenvalue weighted by Gasteiger charge is 2.12. The fourth-order valence-electron chi connectivity index (χ4n) is 1.85. The van der Waals surface area contributed by atoms with Crippen molar-refractivity contribution in [2.45, 2.75) is 33.2 Å². The summed E-state index contributed by atoms with van der Waals surface area (Å²) in [5.41, 5.74) is 1.04. The predicted octanol–water partition coefficient (Wildman–Crippen LogP) is 4.49. The molecular weight excluding hydrogens is 292 g/mol. The molecular formula is C14H19ClN4S. The fourth-order valence-corrected chi connectivity index (χ4v) is 2.92. The van der Waals surface area contributed by atoms with E-state index in [1.54, 1.807) is 17.7 Å². The van der Waals surface area contributed by atoms with Crippen molar-refractivity contribution in [3.05, 3.63) is 33.2 Å². The number of halogens is 1. The van der Waals surface area contributed by atoms with E-state index in [0.717, 1.165) is 34.5 Å². The van der Waals surface area contributed by atoms with E-state index in [0.29, 0.717) is 0 Å². The molecule has 6 heteroatoms. The number of rotatable bonds is 6. The molecule has 4 nitrogen and oxygen atoms in total. The maximum Gasteiger partial charge on any atom is 0.134 e. The number of anilines is 2. The molecule has 2 heterocycles. The molecule has 0 spiro atoms. The van der Waals surface area contributed by atoms with Crippen LogP contribution in [0.5, 0.6) is 0 Å². The van der Waals surface area contributed by atoms with Crippen molar-refractivity contribution >= 4 is 34.6 Å². The summed E-state index contributed by atoms with van der Waals surface area (Å²) in [4.78, 5) is 9.80. The lowest BCUT2D eigenvalue weighted by molar-refractivity contribution is 0.886. The summed E-state index contributed by atoms with van der Waals surface area (Å²) in [6, 6.07) is 4.12. The molecule has 2 rings (SSSR count). The van der Waals surface area contributed by atoms with Crippen LogP contribution in [-0.2, 0) is 0 Å². The Bertz CT molecular complexity index is 570. The Morgan fingerprint density at radius 2 is 2.05 bits per heavy atom. The van der Waals surface area contributed by atoms with Gasteiger partial charge in [-0.05, 0) is 32.4 Å². The monoisotopic (exact) mass is 310 g/mol. The first-order valence-electron chi connectivity index (χ1n) is 6.69. The van der Waals surface area contributed by atoms with Crippen molar-refractivity contribution in [2.75, 3.05) is 17.2 Å². The van der Waals surface area contributed by atoms with Crippen LogP contribution >= 0.6 is 22.9 Å². The Balaban J connectivity index is 2.12. The van der Waals surface area contributed by atoms with Gasteiger partial charge in [0.05, 0.1) is 10.4 Å². The normalized spacial score (nSPS) is 12.2. The number of hydrogen-bond donors (Lipinski definition) is 2. The van der Waals surface area contributed by atoms with Crippen LogP contribution in [0.2, 0.25) is 4.34 Å². The van der Waals surface area contributed by atoms with E-state index in [1.807, 2.05) is 19.1 Å². The zero-order valence-electron chi connectivity index (χ0n) is 11.9. The van der Waals surface area contributed by atoms with Crippen LogP contribution in [0.3, 0.4) is 0 Å². The third-order valence-corrected chi connectivity index (χ3v) is 4.41. The molecule has 0 saturated heterocycles. The van der Waals surface area contributed by atoms with Gasteiger partial charge in [-0.15, -0.1) is 11.3 Å². The van der Waals surface area contributed by atoms with Crippen LogP contribution in [0.1, 0.15) is 36.8 Å². The van der Waals surface area contributed by atoms with Crippen molar-refractivity contribution in [1.29, 1.82) is 0 Å². The standard InChI is InChI=1S/C14H19ClN4S/c1-4-7-16-13-9(2)14(18-8-17-13)19-10(3)11-5-6-12(15)20-11/h5-6,8,10H,4,7H2,1-3H3,(H2,16,17,18,19). The Kier molecular flexibility index (Phi) is 5.20. The van der Waals surface area contributed by atoms with Gasteiger partial charge in [0.2, 0.25) is 0 Å². The van der Waals surface area contributed by atoms with Gasteiger partial charge in [-0.1, -0.05) is 18.5 Å². The Labute approximate surface area is 128 Å². The van der Waals surface area contributed by atoms with E-state index in [1.165, 1.54) is 4.88 Å². The van der Waals surface area contributed by atoms with E-state index in [9.17, 15) is 0 Å². The maximum absolute atomic E-state index is 5.98. The molecule has 20 heavy (non-hydrogen) atoms. The van der Waals surface area contributed by atoms with Crippen LogP contribution in [0.25, 0.3) is 0 Å². The molecule has 108 valence electrons. The summed E-state index contributed by atoms with van der Waals surface area (Å²) in [6.07, 6.45) is 2.65. The lowest BCUT2D eigenvalue weighted by Gasteiger charge is -2.16. The minimum atomic E-state index is 0.167. The van der Waals surface area contributed by atoms with Gasteiger partial charge in [0.15, 0.2) is 0 Å². The highest BCUT2D eigenvalue weighted by molar-refractivity contribution is 7.16. The van der Waals surface area contributed by atoms with Crippen molar-refractivity contribution in [2.24, 2.45) is 0 Å². The average Bonchev–Trinajstić information content (AvgIpc) is 2.86. The first-order chi connectivity index (χ1) is 9.61. The van der Waals surface area contributed by atoms with Gasteiger partial charge in [-0.25, -0.2) is 9.97 Å².